The Balaban J connectivity index is 2.15. The molecule has 0 bridgehead atoms. The molecule has 2 rings (SSSR count). The molecule has 1 aromatic carbocycles. The van der Waals surface area contributed by atoms with Gasteiger partial charge in [-0.1, -0.05) is 43.7 Å². The zero-order chi connectivity index (χ0) is 11.5. The zero-order valence-electron chi connectivity index (χ0n) is 9.60. The van der Waals surface area contributed by atoms with Gasteiger partial charge in [0.2, 0.25) is 0 Å². The first-order chi connectivity index (χ1) is 7.70. The fourth-order valence-electron chi connectivity index (χ4n) is 2.49. The van der Waals surface area contributed by atoms with Crippen LogP contribution >= 0.6 is 0 Å². The monoisotopic (exact) mass is 218 g/mol. The van der Waals surface area contributed by atoms with Crippen molar-refractivity contribution in [1.82, 2.24) is 0 Å². The van der Waals surface area contributed by atoms with Gasteiger partial charge in [-0.3, -0.25) is 4.79 Å². The number of aliphatic hydroxyl groups excluding tert-OH is 1. The number of hydrogen-bond donors (Lipinski definition) is 1. The molecule has 1 aliphatic carbocycles. The lowest BCUT2D eigenvalue weighted by atomic mass is 9.77. The third-order valence-corrected chi connectivity index (χ3v) is 3.53. The lowest BCUT2D eigenvalue weighted by Crippen LogP contribution is -2.31. The standard InChI is InChI=1S/C14H18O2/c1-10-6-5-9-12(13(10)15)14(16)11-7-3-2-4-8-11/h2-4,7-8,10,12,14,16H,5-6,9H2,1H3/t10-,12+,14+/m1/s1. The van der Waals surface area contributed by atoms with Crippen LogP contribution in [0.2, 0.25) is 0 Å². The van der Waals surface area contributed by atoms with Crippen molar-refractivity contribution in [3.63, 3.8) is 0 Å². The van der Waals surface area contributed by atoms with Crippen LogP contribution in [0.3, 0.4) is 0 Å². The number of carbonyl (C=O) groups excluding carboxylic acids is 1. The lowest BCUT2D eigenvalue weighted by molar-refractivity contribution is -0.132. The Labute approximate surface area is 96.3 Å². The quantitative estimate of drug-likeness (QED) is 0.828. The van der Waals surface area contributed by atoms with Gasteiger partial charge in [-0.05, 0) is 18.4 Å². The van der Waals surface area contributed by atoms with Crippen LogP contribution in [0.1, 0.15) is 37.9 Å². The summed E-state index contributed by atoms with van der Waals surface area (Å²) in [4.78, 5) is 12.0. The highest BCUT2D eigenvalue weighted by molar-refractivity contribution is 5.84. The van der Waals surface area contributed by atoms with Crippen molar-refractivity contribution >= 4 is 5.78 Å². The molecule has 3 atom stereocenters. The summed E-state index contributed by atoms with van der Waals surface area (Å²) in [5.41, 5.74) is 0.856. The molecule has 0 aromatic heterocycles. The number of Topliss-reactive ketones (excluding diaryl/α,β-unsaturated/α-hetero) is 1. The number of carbonyl (C=O) groups is 1. The highest BCUT2D eigenvalue weighted by Crippen LogP contribution is 2.34. The molecule has 0 heterocycles. The molecule has 0 unspecified atom stereocenters. The summed E-state index contributed by atoms with van der Waals surface area (Å²) in [6, 6.07) is 9.49. The van der Waals surface area contributed by atoms with Crippen LogP contribution in [-0.2, 0) is 4.79 Å². The zero-order valence-corrected chi connectivity index (χ0v) is 9.60. The van der Waals surface area contributed by atoms with E-state index in [-0.39, 0.29) is 17.6 Å². The van der Waals surface area contributed by atoms with Gasteiger partial charge in [-0.2, -0.15) is 0 Å². The normalized spacial score (nSPS) is 27.8. The molecule has 1 aliphatic rings. The van der Waals surface area contributed by atoms with E-state index in [1.54, 1.807) is 0 Å². The Bertz CT molecular complexity index is 358. The summed E-state index contributed by atoms with van der Waals surface area (Å²) >= 11 is 0. The summed E-state index contributed by atoms with van der Waals surface area (Å²) < 4.78 is 0. The third kappa shape index (κ3) is 2.17. The molecule has 0 aliphatic heterocycles. The van der Waals surface area contributed by atoms with E-state index in [1.807, 2.05) is 37.3 Å². The van der Waals surface area contributed by atoms with Crippen LogP contribution in [0.15, 0.2) is 30.3 Å². The number of aliphatic hydroxyl groups is 1. The minimum atomic E-state index is -0.628. The van der Waals surface area contributed by atoms with E-state index in [4.69, 9.17) is 0 Å². The van der Waals surface area contributed by atoms with Gasteiger partial charge in [-0.15, -0.1) is 0 Å². The third-order valence-electron chi connectivity index (χ3n) is 3.53. The van der Waals surface area contributed by atoms with Crippen molar-refractivity contribution in [3.8, 4) is 0 Å². The van der Waals surface area contributed by atoms with E-state index in [9.17, 15) is 9.90 Å². The number of rotatable bonds is 2. The first-order valence-electron chi connectivity index (χ1n) is 5.97. The van der Waals surface area contributed by atoms with Crippen molar-refractivity contribution in [1.29, 1.82) is 0 Å². The van der Waals surface area contributed by atoms with Gasteiger partial charge in [-0.25, -0.2) is 0 Å². The fraction of sp³-hybridized carbons (Fsp3) is 0.500. The average Bonchev–Trinajstić information content (AvgIpc) is 2.33. The van der Waals surface area contributed by atoms with Gasteiger partial charge in [0.1, 0.15) is 5.78 Å². The first kappa shape index (κ1) is 11.3. The van der Waals surface area contributed by atoms with Gasteiger partial charge in [0, 0.05) is 11.8 Å². The molecule has 0 spiro atoms. The Kier molecular flexibility index (Phi) is 3.39. The highest BCUT2D eigenvalue weighted by Gasteiger charge is 2.33. The van der Waals surface area contributed by atoms with Gasteiger partial charge in [0.25, 0.3) is 0 Å². The van der Waals surface area contributed by atoms with Gasteiger partial charge < -0.3 is 5.11 Å². The molecule has 86 valence electrons. The van der Waals surface area contributed by atoms with Gasteiger partial charge >= 0.3 is 0 Å². The summed E-state index contributed by atoms with van der Waals surface area (Å²) in [7, 11) is 0. The van der Waals surface area contributed by atoms with Crippen molar-refractivity contribution < 1.29 is 9.90 Å². The minimum Gasteiger partial charge on any atom is -0.388 e. The Morgan fingerprint density at radius 3 is 2.62 bits per heavy atom. The summed E-state index contributed by atoms with van der Waals surface area (Å²) in [6.45, 7) is 1.96. The van der Waals surface area contributed by atoms with E-state index < -0.39 is 6.10 Å². The Morgan fingerprint density at radius 1 is 1.25 bits per heavy atom. The summed E-state index contributed by atoms with van der Waals surface area (Å²) in [5.74, 6) is 0.130. The maximum Gasteiger partial charge on any atom is 0.141 e. The van der Waals surface area contributed by atoms with Gasteiger partial charge in [0.05, 0.1) is 6.10 Å². The van der Waals surface area contributed by atoms with Crippen LogP contribution in [0, 0.1) is 11.8 Å². The van der Waals surface area contributed by atoms with E-state index in [1.165, 1.54) is 0 Å². The minimum absolute atomic E-state index is 0.108. The largest absolute Gasteiger partial charge is 0.388 e. The topological polar surface area (TPSA) is 37.3 Å². The molecule has 1 fully saturated rings. The van der Waals surface area contributed by atoms with E-state index in [2.05, 4.69) is 0 Å². The number of hydrogen-bond acceptors (Lipinski definition) is 2. The number of ketones is 1. The molecular formula is C14H18O2. The molecule has 16 heavy (non-hydrogen) atoms. The maximum absolute atomic E-state index is 12.0. The van der Waals surface area contributed by atoms with Crippen LogP contribution < -0.4 is 0 Å². The summed E-state index contributed by atoms with van der Waals surface area (Å²) in [6.07, 6.45) is 2.20. The maximum atomic E-state index is 12.0. The molecule has 0 radical (unpaired) electrons. The molecule has 2 nitrogen and oxygen atoms in total. The Hall–Kier alpha value is -1.15. The molecule has 2 heteroatoms. The predicted octanol–water partition coefficient (Wildman–Crippen LogP) is 2.73. The molecule has 1 N–H and O–H groups in total. The first-order valence-corrected chi connectivity index (χ1v) is 5.97. The van der Waals surface area contributed by atoms with Crippen molar-refractivity contribution in [3.05, 3.63) is 35.9 Å². The number of benzene rings is 1. The van der Waals surface area contributed by atoms with Crippen LogP contribution in [0.5, 0.6) is 0 Å². The van der Waals surface area contributed by atoms with E-state index in [0.29, 0.717) is 0 Å². The molecule has 1 saturated carbocycles. The van der Waals surface area contributed by atoms with Crippen molar-refractivity contribution in [2.24, 2.45) is 11.8 Å². The molecule has 0 amide bonds. The predicted molar refractivity (Wildman–Crippen MR) is 62.9 cm³/mol. The highest BCUT2D eigenvalue weighted by atomic mass is 16.3. The smallest absolute Gasteiger partial charge is 0.141 e. The molecule has 1 aromatic rings. The second-order valence-electron chi connectivity index (χ2n) is 4.70. The second-order valence-corrected chi connectivity index (χ2v) is 4.70. The Morgan fingerprint density at radius 2 is 1.94 bits per heavy atom. The van der Waals surface area contributed by atoms with Crippen LogP contribution in [0.25, 0.3) is 0 Å². The second kappa shape index (κ2) is 4.79. The van der Waals surface area contributed by atoms with E-state index >= 15 is 0 Å². The van der Waals surface area contributed by atoms with Crippen molar-refractivity contribution in [2.45, 2.75) is 32.3 Å². The lowest BCUT2D eigenvalue weighted by Gasteiger charge is -2.29. The van der Waals surface area contributed by atoms with Crippen LogP contribution in [0.4, 0.5) is 0 Å². The van der Waals surface area contributed by atoms with Gasteiger partial charge in [0.15, 0.2) is 0 Å². The average molecular weight is 218 g/mol. The van der Waals surface area contributed by atoms with Crippen molar-refractivity contribution in [2.75, 3.05) is 0 Å². The summed E-state index contributed by atoms with van der Waals surface area (Å²) in [5, 5.41) is 10.2. The fourth-order valence-corrected chi connectivity index (χ4v) is 2.49. The van der Waals surface area contributed by atoms with E-state index in [0.717, 1.165) is 24.8 Å². The SMILES string of the molecule is C[C@@H]1CCC[C@H]([C@@H](O)c2ccccc2)C1=O. The molecule has 0 saturated heterocycles. The molecular weight excluding hydrogens is 200 g/mol. The van der Waals surface area contributed by atoms with Crippen LogP contribution in [-0.4, -0.2) is 10.9 Å².